The Morgan fingerprint density at radius 2 is 1.85 bits per heavy atom. The predicted molar refractivity (Wildman–Crippen MR) is 51.0 cm³/mol. The molecule has 0 aliphatic carbocycles. The predicted octanol–water partition coefficient (Wildman–Crippen LogP) is 0.936. The highest BCUT2D eigenvalue weighted by molar-refractivity contribution is 5.12. The largest absolute Gasteiger partial charge is 0.377 e. The van der Waals surface area contributed by atoms with E-state index < -0.39 is 12.4 Å². The van der Waals surface area contributed by atoms with E-state index in [1.165, 1.54) is 6.08 Å². The second-order valence-corrected chi connectivity index (χ2v) is 2.21. The number of rotatable bonds is 5. The van der Waals surface area contributed by atoms with Crippen molar-refractivity contribution < 1.29 is 14.6 Å². The van der Waals surface area contributed by atoms with Gasteiger partial charge in [-0.2, -0.15) is 0 Å². The summed E-state index contributed by atoms with van der Waals surface area (Å²) in [5.74, 6) is 5.20. The summed E-state index contributed by atoms with van der Waals surface area (Å²) in [5, 5.41) is 9.04. The highest BCUT2D eigenvalue weighted by Crippen LogP contribution is 1.93. The second-order valence-electron chi connectivity index (χ2n) is 2.21. The Balaban J connectivity index is 4.02. The van der Waals surface area contributed by atoms with Gasteiger partial charge in [0.1, 0.15) is 6.10 Å². The van der Waals surface area contributed by atoms with Crippen molar-refractivity contribution >= 4 is 0 Å². The Kier molecular flexibility index (Phi) is 7.32. The van der Waals surface area contributed by atoms with E-state index in [0.29, 0.717) is 13.2 Å². The summed E-state index contributed by atoms with van der Waals surface area (Å²) in [6.45, 7) is 8.18. The Labute approximate surface area is 79.4 Å². The molecule has 3 nitrogen and oxygen atoms in total. The van der Waals surface area contributed by atoms with E-state index in [9.17, 15) is 0 Å². The standard InChI is InChI=1S/C10H16O3/c1-4-9(11)7-8-10(12-5-2)13-6-3/h4,9-11H,1,5-6H2,2-3H3. The molecule has 0 spiro atoms. The molecule has 1 unspecified atom stereocenters. The lowest BCUT2D eigenvalue weighted by molar-refractivity contribution is -0.0971. The van der Waals surface area contributed by atoms with Gasteiger partial charge in [-0.15, -0.1) is 0 Å². The van der Waals surface area contributed by atoms with Crippen LogP contribution in [0.15, 0.2) is 12.7 Å². The molecule has 1 atom stereocenters. The summed E-state index contributed by atoms with van der Waals surface area (Å²) >= 11 is 0. The Bertz CT molecular complexity index is 184. The van der Waals surface area contributed by atoms with Crippen molar-refractivity contribution in [1.29, 1.82) is 0 Å². The van der Waals surface area contributed by atoms with Crippen LogP contribution in [0, 0.1) is 11.8 Å². The summed E-state index contributed by atoms with van der Waals surface area (Å²) in [6, 6.07) is 0. The quantitative estimate of drug-likeness (QED) is 0.392. The van der Waals surface area contributed by atoms with Crippen LogP contribution in [0.5, 0.6) is 0 Å². The van der Waals surface area contributed by atoms with Crippen LogP contribution in [0.1, 0.15) is 13.8 Å². The fraction of sp³-hybridized carbons (Fsp3) is 0.600. The Hall–Kier alpha value is -0.820. The van der Waals surface area contributed by atoms with Crippen molar-refractivity contribution in [2.24, 2.45) is 0 Å². The molecule has 0 bridgehead atoms. The number of hydrogen-bond acceptors (Lipinski definition) is 3. The highest BCUT2D eigenvalue weighted by Gasteiger charge is 2.01. The lowest BCUT2D eigenvalue weighted by Crippen LogP contribution is -2.15. The number of ether oxygens (including phenoxy) is 2. The fourth-order valence-corrected chi connectivity index (χ4v) is 0.647. The van der Waals surface area contributed by atoms with Crippen molar-refractivity contribution in [1.82, 2.24) is 0 Å². The minimum atomic E-state index is -0.816. The number of aliphatic hydroxyl groups is 1. The average Bonchev–Trinajstić information content (AvgIpc) is 2.14. The molecular formula is C10H16O3. The van der Waals surface area contributed by atoms with E-state index in [4.69, 9.17) is 14.6 Å². The van der Waals surface area contributed by atoms with Crippen LogP contribution in [0.3, 0.4) is 0 Å². The SMILES string of the molecule is C=CC(O)C#CC(OCC)OCC. The zero-order valence-corrected chi connectivity index (χ0v) is 8.12. The second kappa shape index (κ2) is 7.81. The first kappa shape index (κ1) is 12.2. The van der Waals surface area contributed by atoms with Gasteiger partial charge in [0.15, 0.2) is 0 Å². The smallest absolute Gasteiger partial charge is 0.222 e. The van der Waals surface area contributed by atoms with E-state index >= 15 is 0 Å². The minimum absolute atomic E-state index is 0.531. The molecule has 13 heavy (non-hydrogen) atoms. The zero-order valence-electron chi connectivity index (χ0n) is 8.12. The van der Waals surface area contributed by atoms with E-state index in [1.54, 1.807) is 0 Å². The fourth-order valence-electron chi connectivity index (χ4n) is 0.647. The van der Waals surface area contributed by atoms with Gasteiger partial charge in [0.25, 0.3) is 0 Å². The maximum Gasteiger partial charge on any atom is 0.222 e. The van der Waals surface area contributed by atoms with Gasteiger partial charge < -0.3 is 14.6 Å². The first-order chi connectivity index (χ1) is 6.24. The van der Waals surface area contributed by atoms with Crippen molar-refractivity contribution in [2.75, 3.05) is 13.2 Å². The van der Waals surface area contributed by atoms with E-state index in [-0.39, 0.29) is 0 Å². The van der Waals surface area contributed by atoms with Gasteiger partial charge in [-0.3, -0.25) is 0 Å². The van der Waals surface area contributed by atoms with E-state index in [2.05, 4.69) is 18.4 Å². The van der Waals surface area contributed by atoms with Gasteiger partial charge in [-0.25, -0.2) is 0 Å². The zero-order chi connectivity index (χ0) is 10.1. The normalized spacial score (nSPS) is 12.0. The topological polar surface area (TPSA) is 38.7 Å². The van der Waals surface area contributed by atoms with Crippen LogP contribution in [0.25, 0.3) is 0 Å². The summed E-state index contributed by atoms with van der Waals surface area (Å²) in [6.07, 6.45) is -0.0184. The molecule has 0 aromatic heterocycles. The highest BCUT2D eigenvalue weighted by atomic mass is 16.7. The number of aliphatic hydroxyl groups excluding tert-OH is 1. The van der Waals surface area contributed by atoms with Gasteiger partial charge in [0, 0.05) is 13.2 Å². The third-order valence-electron chi connectivity index (χ3n) is 1.21. The van der Waals surface area contributed by atoms with Crippen LogP contribution in [-0.4, -0.2) is 30.7 Å². The molecule has 0 saturated carbocycles. The molecule has 0 aliphatic heterocycles. The molecule has 74 valence electrons. The van der Waals surface area contributed by atoms with Crippen LogP contribution in [0.4, 0.5) is 0 Å². The first-order valence-electron chi connectivity index (χ1n) is 4.29. The lowest BCUT2D eigenvalue weighted by atomic mass is 10.3. The molecule has 0 aromatic rings. The van der Waals surface area contributed by atoms with Crippen LogP contribution in [0.2, 0.25) is 0 Å². The van der Waals surface area contributed by atoms with Gasteiger partial charge in [0.2, 0.25) is 6.29 Å². The van der Waals surface area contributed by atoms with E-state index in [1.807, 2.05) is 13.8 Å². The van der Waals surface area contributed by atoms with E-state index in [0.717, 1.165) is 0 Å². The van der Waals surface area contributed by atoms with Gasteiger partial charge in [-0.05, 0) is 19.8 Å². The van der Waals surface area contributed by atoms with Crippen molar-refractivity contribution in [3.63, 3.8) is 0 Å². The van der Waals surface area contributed by atoms with Gasteiger partial charge >= 0.3 is 0 Å². The summed E-state index contributed by atoms with van der Waals surface area (Å²) < 4.78 is 10.3. The lowest BCUT2D eigenvalue weighted by Gasteiger charge is -2.09. The van der Waals surface area contributed by atoms with Crippen molar-refractivity contribution in [3.8, 4) is 11.8 Å². The molecule has 0 aliphatic rings. The van der Waals surface area contributed by atoms with Crippen molar-refractivity contribution in [2.45, 2.75) is 26.2 Å². The maximum atomic E-state index is 9.04. The Morgan fingerprint density at radius 3 is 2.23 bits per heavy atom. The third-order valence-corrected chi connectivity index (χ3v) is 1.21. The molecule has 0 aromatic carbocycles. The minimum Gasteiger partial charge on any atom is -0.377 e. The molecule has 3 heteroatoms. The molecule has 0 radical (unpaired) electrons. The van der Waals surface area contributed by atoms with Gasteiger partial charge in [-0.1, -0.05) is 18.6 Å². The van der Waals surface area contributed by atoms with Crippen LogP contribution >= 0.6 is 0 Å². The third kappa shape index (κ3) is 6.35. The molecule has 0 fully saturated rings. The molecule has 0 rings (SSSR count). The first-order valence-corrected chi connectivity index (χ1v) is 4.29. The van der Waals surface area contributed by atoms with Crippen molar-refractivity contribution in [3.05, 3.63) is 12.7 Å². The molecule has 1 N–H and O–H groups in total. The van der Waals surface area contributed by atoms with Crippen LogP contribution < -0.4 is 0 Å². The Morgan fingerprint density at radius 1 is 1.31 bits per heavy atom. The molecule has 0 amide bonds. The summed E-state index contributed by atoms with van der Waals surface area (Å²) in [7, 11) is 0. The molecule has 0 heterocycles. The molecule has 0 saturated heterocycles. The summed E-state index contributed by atoms with van der Waals surface area (Å²) in [4.78, 5) is 0. The molecular weight excluding hydrogens is 168 g/mol. The average molecular weight is 184 g/mol. The number of hydrogen-bond donors (Lipinski definition) is 1. The maximum absolute atomic E-state index is 9.04. The summed E-state index contributed by atoms with van der Waals surface area (Å²) in [5.41, 5.74) is 0. The monoisotopic (exact) mass is 184 g/mol. The van der Waals surface area contributed by atoms with Crippen LogP contribution in [-0.2, 0) is 9.47 Å². The van der Waals surface area contributed by atoms with Gasteiger partial charge in [0.05, 0.1) is 0 Å².